The highest BCUT2D eigenvalue weighted by Gasteiger charge is 2.32. The molecule has 3 aromatic rings. The minimum atomic E-state index is -4.40. The number of thiophene rings is 1. The van der Waals surface area contributed by atoms with Crippen LogP contribution in [0.1, 0.15) is 22.2 Å². The lowest BCUT2D eigenvalue weighted by Gasteiger charge is -2.31. The average Bonchev–Trinajstić information content (AvgIpc) is 3.19. The molecular weight excluding hydrogens is 432 g/mol. The van der Waals surface area contributed by atoms with Gasteiger partial charge in [-0.3, -0.25) is 4.57 Å². The Morgan fingerprint density at radius 2 is 1.90 bits per heavy atom. The average molecular weight is 450 g/mol. The van der Waals surface area contributed by atoms with Crippen LogP contribution < -0.4 is 10.6 Å². The SMILES string of the molecule is C[C@@H]1CN(c2ncn(Cc3ccc(C(F)(F)F)s3)c(=O)n2)CC=C1c1ccc(F)cc1. The van der Waals surface area contributed by atoms with Gasteiger partial charge >= 0.3 is 11.9 Å². The number of anilines is 1. The van der Waals surface area contributed by atoms with E-state index >= 15 is 0 Å². The van der Waals surface area contributed by atoms with Gasteiger partial charge < -0.3 is 4.90 Å². The maximum absolute atomic E-state index is 13.2. The van der Waals surface area contributed by atoms with E-state index in [0.29, 0.717) is 29.3 Å². The van der Waals surface area contributed by atoms with Crippen molar-refractivity contribution in [2.24, 2.45) is 5.92 Å². The van der Waals surface area contributed by atoms with Crippen molar-refractivity contribution in [1.29, 1.82) is 0 Å². The summed E-state index contributed by atoms with van der Waals surface area (Å²) >= 11 is 0.593. The second-order valence-electron chi connectivity index (χ2n) is 7.30. The van der Waals surface area contributed by atoms with E-state index < -0.39 is 16.7 Å². The molecule has 162 valence electrons. The molecule has 10 heteroatoms. The topological polar surface area (TPSA) is 51.0 Å². The second-order valence-corrected chi connectivity index (χ2v) is 8.47. The summed E-state index contributed by atoms with van der Waals surface area (Å²) in [6, 6.07) is 8.66. The standard InChI is InChI=1S/C21H18F4N4OS/c1-13-10-28(9-8-17(13)14-2-4-15(22)5-3-14)19-26-12-29(20(30)27-19)11-16-6-7-18(31-16)21(23,24)25/h2-8,12-13H,9-11H2,1H3/t13-/m1/s1. The highest BCUT2D eigenvalue weighted by molar-refractivity contribution is 7.12. The summed E-state index contributed by atoms with van der Waals surface area (Å²) in [5.74, 6) is 0.0856. The third-order valence-electron chi connectivity index (χ3n) is 5.04. The maximum atomic E-state index is 13.2. The molecule has 0 bridgehead atoms. The van der Waals surface area contributed by atoms with E-state index in [9.17, 15) is 22.4 Å². The van der Waals surface area contributed by atoms with Gasteiger partial charge in [-0.15, -0.1) is 11.3 Å². The van der Waals surface area contributed by atoms with E-state index in [1.54, 1.807) is 12.1 Å². The second kappa shape index (κ2) is 8.26. The summed E-state index contributed by atoms with van der Waals surface area (Å²) in [4.78, 5) is 22.2. The number of benzene rings is 1. The molecule has 0 radical (unpaired) electrons. The van der Waals surface area contributed by atoms with Crippen molar-refractivity contribution in [3.05, 3.63) is 80.4 Å². The van der Waals surface area contributed by atoms with Crippen molar-refractivity contribution < 1.29 is 17.6 Å². The number of hydrogen-bond acceptors (Lipinski definition) is 5. The van der Waals surface area contributed by atoms with Crippen LogP contribution in [0, 0.1) is 11.7 Å². The Morgan fingerprint density at radius 3 is 2.52 bits per heavy atom. The third-order valence-corrected chi connectivity index (χ3v) is 6.15. The molecule has 0 aliphatic carbocycles. The fourth-order valence-corrected chi connectivity index (χ4v) is 4.39. The van der Waals surface area contributed by atoms with Crippen LogP contribution in [0.4, 0.5) is 23.5 Å². The quantitative estimate of drug-likeness (QED) is 0.552. The first-order valence-electron chi connectivity index (χ1n) is 9.51. The molecule has 4 rings (SSSR count). The molecule has 2 aromatic heterocycles. The smallest absolute Gasteiger partial charge is 0.336 e. The molecule has 0 saturated carbocycles. The molecule has 3 heterocycles. The molecule has 1 aromatic carbocycles. The molecular formula is C21H18F4N4OS. The molecule has 0 spiro atoms. The van der Waals surface area contributed by atoms with Crippen LogP contribution in [0.3, 0.4) is 0 Å². The monoisotopic (exact) mass is 450 g/mol. The molecule has 0 N–H and O–H groups in total. The summed E-state index contributed by atoms with van der Waals surface area (Å²) in [6.07, 6.45) is -1.10. The normalized spacial score (nSPS) is 17.0. The van der Waals surface area contributed by atoms with Gasteiger partial charge in [0.2, 0.25) is 5.95 Å². The van der Waals surface area contributed by atoms with Crippen LogP contribution in [0.5, 0.6) is 0 Å². The minimum absolute atomic E-state index is 0.0229. The van der Waals surface area contributed by atoms with E-state index in [2.05, 4.69) is 9.97 Å². The molecule has 1 atom stereocenters. The lowest BCUT2D eigenvalue weighted by Crippen LogP contribution is -2.37. The zero-order valence-electron chi connectivity index (χ0n) is 16.4. The Bertz CT molecular complexity index is 1170. The number of alkyl halides is 3. The minimum Gasteiger partial charge on any atom is -0.336 e. The first kappa shape index (κ1) is 21.2. The molecule has 31 heavy (non-hydrogen) atoms. The van der Waals surface area contributed by atoms with Crippen LogP contribution >= 0.6 is 11.3 Å². The highest BCUT2D eigenvalue weighted by Crippen LogP contribution is 2.34. The zero-order chi connectivity index (χ0) is 22.2. The number of hydrogen-bond donors (Lipinski definition) is 0. The predicted molar refractivity (Wildman–Crippen MR) is 110 cm³/mol. The van der Waals surface area contributed by atoms with Crippen molar-refractivity contribution in [1.82, 2.24) is 14.5 Å². The molecule has 0 amide bonds. The highest BCUT2D eigenvalue weighted by atomic mass is 32.1. The molecule has 0 unspecified atom stereocenters. The van der Waals surface area contributed by atoms with Gasteiger partial charge in [-0.2, -0.15) is 18.2 Å². The zero-order valence-corrected chi connectivity index (χ0v) is 17.3. The Kier molecular flexibility index (Phi) is 5.65. The van der Waals surface area contributed by atoms with Crippen molar-refractivity contribution in [2.75, 3.05) is 18.0 Å². The third kappa shape index (κ3) is 4.68. The van der Waals surface area contributed by atoms with Gasteiger partial charge in [0.05, 0.1) is 6.54 Å². The van der Waals surface area contributed by atoms with Crippen LogP contribution in [-0.2, 0) is 12.7 Å². The van der Waals surface area contributed by atoms with Gasteiger partial charge in [-0.1, -0.05) is 25.1 Å². The van der Waals surface area contributed by atoms with Crippen molar-refractivity contribution >= 4 is 22.9 Å². The number of aromatic nitrogens is 3. The fraction of sp³-hybridized carbons (Fsp3) is 0.286. The fourth-order valence-electron chi connectivity index (χ4n) is 3.51. The largest absolute Gasteiger partial charge is 0.425 e. The first-order chi connectivity index (χ1) is 14.7. The molecule has 0 fully saturated rings. The molecule has 0 saturated heterocycles. The Hall–Kier alpha value is -3.01. The first-order valence-corrected chi connectivity index (χ1v) is 10.3. The maximum Gasteiger partial charge on any atom is 0.425 e. The van der Waals surface area contributed by atoms with Crippen LogP contribution in [0.25, 0.3) is 5.57 Å². The van der Waals surface area contributed by atoms with Gasteiger partial charge in [0.25, 0.3) is 0 Å². The number of halogens is 4. The molecule has 5 nitrogen and oxygen atoms in total. The molecule has 1 aliphatic rings. The number of rotatable bonds is 4. The van der Waals surface area contributed by atoms with E-state index in [4.69, 9.17) is 0 Å². The summed E-state index contributed by atoms with van der Waals surface area (Å²) < 4.78 is 52.6. The van der Waals surface area contributed by atoms with Gasteiger partial charge in [0.15, 0.2) is 0 Å². The Labute approximate surface area is 179 Å². The lowest BCUT2D eigenvalue weighted by molar-refractivity contribution is -0.134. The Morgan fingerprint density at radius 1 is 1.16 bits per heavy atom. The Balaban J connectivity index is 1.49. The lowest BCUT2D eigenvalue weighted by atomic mass is 9.90. The summed E-state index contributed by atoms with van der Waals surface area (Å²) in [5, 5.41) is 0. The molecule has 1 aliphatic heterocycles. The predicted octanol–water partition coefficient (Wildman–Crippen LogP) is 4.45. The van der Waals surface area contributed by atoms with E-state index in [1.807, 2.05) is 17.9 Å². The van der Waals surface area contributed by atoms with Crippen molar-refractivity contribution in [2.45, 2.75) is 19.6 Å². The van der Waals surface area contributed by atoms with E-state index in [0.717, 1.165) is 17.2 Å². The van der Waals surface area contributed by atoms with Crippen LogP contribution in [-0.4, -0.2) is 27.6 Å². The summed E-state index contributed by atoms with van der Waals surface area (Å²) in [5.41, 5.74) is 1.45. The van der Waals surface area contributed by atoms with Gasteiger partial charge in [-0.05, 0) is 41.3 Å². The number of nitrogens with zero attached hydrogens (tertiary/aromatic N) is 4. The summed E-state index contributed by atoms with van der Waals surface area (Å²) in [7, 11) is 0. The van der Waals surface area contributed by atoms with Crippen LogP contribution in [0.15, 0.2) is 53.6 Å². The van der Waals surface area contributed by atoms with Crippen LogP contribution in [0.2, 0.25) is 0 Å². The van der Waals surface area contributed by atoms with Gasteiger partial charge in [0.1, 0.15) is 17.0 Å². The van der Waals surface area contributed by atoms with Gasteiger partial charge in [-0.25, -0.2) is 14.2 Å². The summed E-state index contributed by atoms with van der Waals surface area (Å²) in [6.45, 7) is 3.06. The van der Waals surface area contributed by atoms with Crippen molar-refractivity contribution in [3.63, 3.8) is 0 Å². The van der Waals surface area contributed by atoms with Gasteiger partial charge in [0, 0.05) is 18.0 Å². The van der Waals surface area contributed by atoms with E-state index in [1.165, 1.54) is 29.1 Å². The van der Waals surface area contributed by atoms with E-state index in [-0.39, 0.29) is 24.2 Å². The van der Waals surface area contributed by atoms with Crippen molar-refractivity contribution in [3.8, 4) is 0 Å².